The van der Waals surface area contributed by atoms with Gasteiger partial charge in [-0.1, -0.05) is 0 Å². The van der Waals surface area contributed by atoms with E-state index in [1.165, 1.54) is 41.5 Å². The standard InChI is InChI=1S/C23H25ClF3IN3O7/c1-22(2,3)37-20(33)30(21(34)38-23(4,5)6)18-13(25)7-8-15(17(18)27)29-19(32)12-9-11(28-31(35)36)10-14(26)16(12)24/h7-10,31,35H,1-6H3,(H,29,32)/q-1. The van der Waals surface area contributed by atoms with Gasteiger partial charge in [0.15, 0.2) is 0 Å². The number of hydrogen-bond donors (Lipinski definition) is 3. The molecule has 0 aliphatic heterocycles. The van der Waals surface area contributed by atoms with Gasteiger partial charge in [0.05, 0.1) is 0 Å². The van der Waals surface area contributed by atoms with Crippen molar-refractivity contribution in [1.82, 2.24) is 0 Å². The van der Waals surface area contributed by atoms with Gasteiger partial charge in [0.1, 0.15) is 0 Å². The van der Waals surface area contributed by atoms with Crippen LogP contribution in [0.15, 0.2) is 24.3 Å². The van der Waals surface area contributed by atoms with Crippen LogP contribution in [0.1, 0.15) is 51.9 Å². The monoisotopic (exact) mass is 674 g/mol. The van der Waals surface area contributed by atoms with Gasteiger partial charge in [0, 0.05) is 0 Å². The van der Waals surface area contributed by atoms with E-state index in [2.05, 4.69) is 5.32 Å². The molecule has 1 unspecified atom stereocenters. The molecule has 0 heterocycles. The summed E-state index contributed by atoms with van der Waals surface area (Å²) in [5.41, 5.74) is -4.75. The van der Waals surface area contributed by atoms with E-state index >= 15 is 4.39 Å². The van der Waals surface area contributed by atoms with Crippen LogP contribution in [0.5, 0.6) is 0 Å². The van der Waals surface area contributed by atoms with Gasteiger partial charge in [-0.25, -0.2) is 0 Å². The summed E-state index contributed by atoms with van der Waals surface area (Å²) < 4.78 is 53.7. The number of ether oxygens (including phenoxy) is 2. The van der Waals surface area contributed by atoms with E-state index in [4.69, 9.17) is 26.3 Å². The molecule has 3 amide bonds. The van der Waals surface area contributed by atoms with Crippen molar-refractivity contribution < 1.29 is 67.2 Å². The molecule has 0 aliphatic rings. The van der Waals surface area contributed by atoms with E-state index in [0.717, 1.165) is 18.2 Å². The summed E-state index contributed by atoms with van der Waals surface area (Å²) in [6.07, 6.45) is -2.91. The first kappa shape index (κ1) is 31.6. The summed E-state index contributed by atoms with van der Waals surface area (Å²) >= 11 is 4.14. The van der Waals surface area contributed by atoms with Gasteiger partial charge in [0.2, 0.25) is 0 Å². The Bertz CT molecular complexity index is 1220. The van der Waals surface area contributed by atoms with Gasteiger partial charge in [0.25, 0.3) is 0 Å². The summed E-state index contributed by atoms with van der Waals surface area (Å²) in [4.78, 5) is 38.5. The third kappa shape index (κ3) is 8.42. The summed E-state index contributed by atoms with van der Waals surface area (Å²) in [7, 11) is 0. The van der Waals surface area contributed by atoms with Crippen molar-refractivity contribution in [3.63, 3.8) is 0 Å². The Morgan fingerprint density at radius 1 is 1.00 bits per heavy atom. The summed E-state index contributed by atoms with van der Waals surface area (Å²) in [5, 5.41) is 21.4. The van der Waals surface area contributed by atoms with Crippen LogP contribution in [-0.2, 0) is 9.47 Å². The molecule has 2 rings (SSSR count). The van der Waals surface area contributed by atoms with Crippen LogP contribution in [0.4, 0.5) is 34.1 Å². The van der Waals surface area contributed by atoms with E-state index in [0.29, 0.717) is 6.07 Å². The van der Waals surface area contributed by atoms with E-state index in [1.807, 2.05) is 0 Å². The summed E-state index contributed by atoms with van der Waals surface area (Å²) in [6, 6.07) is 3.38. The van der Waals surface area contributed by atoms with Crippen molar-refractivity contribution in [2.24, 2.45) is 0 Å². The average molecular weight is 675 g/mol. The van der Waals surface area contributed by atoms with Crippen molar-refractivity contribution in [3.05, 3.63) is 61.1 Å². The van der Waals surface area contributed by atoms with Crippen molar-refractivity contribution in [3.8, 4) is 0 Å². The molecule has 1 atom stereocenters. The van der Waals surface area contributed by atoms with Crippen LogP contribution in [0.2, 0.25) is 5.02 Å². The fourth-order valence-electron chi connectivity index (χ4n) is 2.77. The van der Waals surface area contributed by atoms with Gasteiger partial charge >= 0.3 is 191 Å². The molecule has 0 bridgehead atoms. The molecule has 0 spiro atoms. The third-order valence-electron chi connectivity index (χ3n) is 4.12. The Kier molecular flexibility index (Phi) is 9.99. The maximum atomic E-state index is 15.6. The van der Waals surface area contributed by atoms with Crippen LogP contribution in [-0.4, -0.2) is 34.5 Å². The molecule has 0 fully saturated rings. The fraction of sp³-hybridized carbons (Fsp3) is 0.348. The zero-order valence-electron chi connectivity index (χ0n) is 21.0. The van der Waals surface area contributed by atoms with E-state index in [1.54, 1.807) is 0 Å². The number of carbonyl (C=O) groups is 3. The Morgan fingerprint density at radius 3 is 2.00 bits per heavy atom. The number of halogens is 5. The number of rotatable bonds is 5. The van der Waals surface area contributed by atoms with Crippen molar-refractivity contribution >= 4 is 41.1 Å². The molecule has 210 valence electrons. The number of carbonyl (C=O) groups excluding carboxylic acids is 3. The number of nitrogens with zero attached hydrogens (tertiary/aromatic N) is 1. The maximum absolute atomic E-state index is 15.6. The zero-order chi connectivity index (χ0) is 29.2. The molecular formula is C23H25ClF3IN3O7-. The van der Waals surface area contributed by atoms with Crippen LogP contribution in [0.25, 0.3) is 0 Å². The molecule has 15 heteroatoms. The number of amides is 3. The summed E-state index contributed by atoms with van der Waals surface area (Å²) in [6.45, 7) is 8.78. The third-order valence-corrected chi connectivity index (χ3v) is 6.21. The number of anilines is 2. The Balaban J connectivity index is 2.57. The topological polar surface area (TPSA) is 133 Å². The second-order valence-corrected chi connectivity index (χ2v) is 12.7. The first-order valence-corrected chi connectivity index (χ1v) is 13.3. The predicted octanol–water partition coefficient (Wildman–Crippen LogP) is 1.63. The van der Waals surface area contributed by atoms with Gasteiger partial charge in [-0.15, -0.1) is 0 Å². The van der Waals surface area contributed by atoms with Crippen LogP contribution in [0, 0.1) is 26.2 Å². The molecule has 3 N–H and O–H groups in total. The molecule has 10 nitrogen and oxygen atoms in total. The molecule has 2 aromatic carbocycles. The quantitative estimate of drug-likeness (QED) is 0.190. The second kappa shape index (κ2) is 12.0. The average Bonchev–Trinajstić information content (AvgIpc) is 2.72. The first-order valence-electron chi connectivity index (χ1n) is 10.7. The van der Waals surface area contributed by atoms with Crippen LogP contribution >= 0.6 is 11.6 Å². The number of nitrogens with one attached hydrogen (secondary N) is 2. The molecule has 0 aliphatic carbocycles. The van der Waals surface area contributed by atoms with Crippen molar-refractivity contribution in [2.45, 2.75) is 52.7 Å². The molecule has 38 heavy (non-hydrogen) atoms. The van der Waals surface area contributed by atoms with Crippen molar-refractivity contribution in [2.75, 3.05) is 10.2 Å². The van der Waals surface area contributed by atoms with Crippen molar-refractivity contribution in [1.29, 1.82) is 0 Å². The van der Waals surface area contributed by atoms with Crippen LogP contribution < -0.4 is 35.1 Å². The number of quaternary nitrogens is 1. The number of imide groups is 1. The minimum atomic E-state index is -1.72. The normalized spacial score (nSPS) is 12.6. The molecular weight excluding hydrogens is 650 g/mol. The Hall–Kier alpha value is -2.66. The Labute approximate surface area is 231 Å². The molecule has 0 saturated carbocycles. The van der Waals surface area contributed by atoms with E-state index in [-0.39, 0.29) is 8.47 Å². The predicted molar refractivity (Wildman–Crippen MR) is 125 cm³/mol. The van der Waals surface area contributed by atoms with Gasteiger partial charge in [-0.2, -0.15) is 0 Å². The minimum absolute atomic E-state index is 0.00430. The second-order valence-electron chi connectivity index (χ2n) is 9.60. The van der Waals surface area contributed by atoms with Gasteiger partial charge in [-0.05, 0) is 41.5 Å². The van der Waals surface area contributed by atoms with Gasteiger partial charge in [-0.3, -0.25) is 0 Å². The molecule has 2 aromatic rings. The fourth-order valence-corrected chi connectivity index (χ4v) is 4.40. The zero-order valence-corrected chi connectivity index (χ0v) is 24.0. The van der Waals surface area contributed by atoms with E-state index < -0.39 is 93.6 Å². The Morgan fingerprint density at radius 2 is 1.53 bits per heavy atom. The molecule has 0 saturated heterocycles. The number of benzene rings is 2. The van der Waals surface area contributed by atoms with E-state index in [9.17, 15) is 28.4 Å². The van der Waals surface area contributed by atoms with Gasteiger partial charge < -0.3 is 0 Å². The molecule has 0 aromatic heterocycles. The summed E-state index contributed by atoms with van der Waals surface area (Å²) in [5.74, 6) is -5.16. The number of hydrogen-bond acceptors (Lipinski definition) is 7. The van der Waals surface area contributed by atoms with Crippen LogP contribution in [0.3, 0.4) is 0 Å². The molecule has 0 radical (unpaired) electrons. The first-order chi connectivity index (χ1) is 17.3. The SMILES string of the molecule is CC(C)(C)OC(=O)N(C(=O)OC(C)(C)C)c1c(F)ccc(NC(=O)c2cc([I-][NH+]([O-])O)cc(F)c2Cl)c1F.